The standard InChI is InChI=1S/C46H43ClF4N6O7S/c1-26-34-10-7-29(40(26)47)22-57(17-16-56-15-2-3-33(58)23-56)37(59)20-27-4-11-35(63-24-32-12-14-52-45(55-32)62-18-13-46(49,50)51)30(19-27)21-36(44(60)61)64-42-39-38(34)41(65-43(39)54-25-53-42)28-5-8-31(48)9-6-28/h4-12,14,19,25,33,36,58H,2-3,13,15-18,20-24H2,1H3,(H,60,61)/t33?,36-/m1/s1. The normalized spacial score (nSPS) is 17.2. The fraction of sp³-hybridized carbons (Fsp3) is 0.348. The summed E-state index contributed by atoms with van der Waals surface area (Å²) >= 11 is 8.53. The van der Waals surface area contributed by atoms with Gasteiger partial charge in [0, 0.05) is 54.3 Å². The molecule has 3 aliphatic rings. The Morgan fingerprint density at radius 1 is 1.03 bits per heavy atom. The second-order valence-electron chi connectivity index (χ2n) is 15.9. The molecule has 3 aliphatic heterocycles. The molecule has 6 heterocycles. The summed E-state index contributed by atoms with van der Waals surface area (Å²) in [6.07, 6.45) is -3.82. The summed E-state index contributed by atoms with van der Waals surface area (Å²) < 4.78 is 70.1. The second-order valence-corrected chi connectivity index (χ2v) is 17.3. The van der Waals surface area contributed by atoms with Crippen LogP contribution < -0.4 is 14.2 Å². The Balaban J connectivity index is 1.21. The molecule has 0 aliphatic carbocycles. The molecule has 1 saturated heterocycles. The SMILES string of the molecule is Cc1c2ccc(c1Cl)CN(CCN1CCCC(O)C1)C(=O)Cc1ccc(OCc3ccnc(OCCC(F)(F)F)n3)c(c1)C[C@H](C(=O)O)Oc1ncnc3sc(-c4ccc(F)cc4)c-2c13. The van der Waals surface area contributed by atoms with Gasteiger partial charge < -0.3 is 29.3 Å². The number of nitrogens with zero attached hydrogens (tertiary/aromatic N) is 6. The molecule has 1 fully saturated rings. The lowest BCUT2D eigenvalue weighted by atomic mass is 9.94. The first-order valence-electron chi connectivity index (χ1n) is 20.8. The van der Waals surface area contributed by atoms with Crippen molar-refractivity contribution in [3.8, 4) is 39.2 Å². The van der Waals surface area contributed by atoms with E-state index in [0.717, 1.165) is 13.0 Å². The number of carboxylic acids is 1. The van der Waals surface area contributed by atoms with Gasteiger partial charge in [0.2, 0.25) is 17.9 Å². The predicted molar refractivity (Wildman–Crippen MR) is 234 cm³/mol. The van der Waals surface area contributed by atoms with Gasteiger partial charge in [0.05, 0.1) is 30.0 Å². The lowest BCUT2D eigenvalue weighted by Crippen LogP contribution is -2.44. The van der Waals surface area contributed by atoms with Gasteiger partial charge in [-0.25, -0.2) is 24.1 Å². The van der Waals surface area contributed by atoms with Gasteiger partial charge >= 0.3 is 18.2 Å². The Hall–Kier alpha value is -5.95. The molecule has 0 radical (unpaired) electrons. The van der Waals surface area contributed by atoms with Crippen LogP contribution in [0.1, 0.15) is 47.2 Å². The monoisotopic (exact) mass is 934 g/mol. The van der Waals surface area contributed by atoms with E-state index in [4.69, 9.17) is 25.8 Å². The van der Waals surface area contributed by atoms with Crippen LogP contribution in [0.3, 0.4) is 0 Å². The fourth-order valence-electron chi connectivity index (χ4n) is 7.96. The van der Waals surface area contributed by atoms with E-state index >= 15 is 0 Å². The van der Waals surface area contributed by atoms with Crippen molar-refractivity contribution in [2.24, 2.45) is 0 Å². The van der Waals surface area contributed by atoms with Crippen molar-refractivity contribution >= 4 is 45.0 Å². The molecule has 65 heavy (non-hydrogen) atoms. The third-order valence-corrected chi connectivity index (χ3v) is 12.9. The number of fused-ring (bicyclic) bond motifs is 7. The molecular weight excluding hydrogens is 892 g/mol. The number of halogens is 5. The summed E-state index contributed by atoms with van der Waals surface area (Å²) in [5.74, 6) is -1.77. The molecule has 3 aromatic carbocycles. The summed E-state index contributed by atoms with van der Waals surface area (Å²) in [6.45, 7) is 3.26. The maximum atomic E-state index is 14.4. The van der Waals surface area contributed by atoms with Gasteiger partial charge in [0.15, 0.2) is 0 Å². The van der Waals surface area contributed by atoms with E-state index in [1.54, 1.807) is 35.2 Å². The Morgan fingerprint density at radius 3 is 2.62 bits per heavy atom. The summed E-state index contributed by atoms with van der Waals surface area (Å²) in [5, 5.41) is 21.9. The van der Waals surface area contributed by atoms with Crippen molar-refractivity contribution in [2.45, 2.75) is 70.6 Å². The summed E-state index contributed by atoms with van der Waals surface area (Å²) in [7, 11) is 0. The first-order chi connectivity index (χ1) is 31.2. The van der Waals surface area contributed by atoms with Crippen LogP contribution in [0.15, 0.2) is 73.2 Å². The number of rotatable bonds is 11. The highest BCUT2D eigenvalue weighted by atomic mass is 35.5. The molecule has 6 aromatic rings. The van der Waals surface area contributed by atoms with E-state index in [1.807, 2.05) is 19.1 Å². The molecule has 0 saturated carbocycles. The van der Waals surface area contributed by atoms with Crippen LogP contribution in [0, 0.1) is 12.7 Å². The average molecular weight is 935 g/mol. The van der Waals surface area contributed by atoms with Gasteiger partial charge in [-0.3, -0.25) is 9.69 Å². The van der Waals surface area contributed by atoms with E-state index in [2.05, 4.69) is 24.8 Å². The van der Waals surface area contributed by atoms with Gasteiger partial charge in [-0.2, -0.15) is 18.2 Å². The lowest BCUT2D eigenvalue weighted by Gasteiger charge is -2.32. The number of aliphatic hydroxyl groups is 1. The number of β-amino-alcohol motifs (C(OH)–C–C–N with tert-alkyl or cyclic N) is 1. The van der Waals surface area contributed by atoms with Crippen LogP contribution in [0.5, 0.6) is 17.6 Å². The Bertz CT molecular complexity index is 2710. The average Bonchev–Trinajstić information content (AvgIpc) is 3.66. The van der Waals surface area contributed by atoms with E-state index in [1.165, 1.54) is 42.1 Å². The van der Waals surface area contributed by atoms with Crippen molar-refractivity contribution in [3.63, 3.8) is 0 Å². The molecule has 13 nitrogen and oxygen atoms in total. The summed E-state index contributed by atoms with van der Waals surface area (Å²) in [6, 6.07) is 15.9. The van der Waals surface area contributed by atoms with Gasteiger partial charge in [0.25, 0.3) is 0 Å². The molecule has 340 valence electrons. The number of alkyl halides is 3. The predicted octanol–water partition coefficient (Wildman–Crippen LogP) is 8.24. The smallest absolute Gasteiger partial charge is 0.392 e. The number of hydrogen-bond donors (Lipinski definition) is 2. The number of piperidine rings is 1. The van der Waals surface area contributed by atoms with Crippen molar-refractivity contribution < 1.29 is 51.6 Å². The lowest BCUT2D eigenvalue weighted by molar-refractivity contribution is -0.145. The minimum atomic E-state index is -4.42. The number of carbonyl (C=O) groups excluding carboxylic acids is 1. The molecule has 2 atom stereocenters. The second kappa shape index (κ2) is 19.7. The molecular formula is C46H43ClF4N6O7S. The topological polar surface area (TPSA) is 160 Å². The molecule has 0 spiro atoms. The maximum Gasteiger partial charge on any atom is 0.392 e. The van der Waals surface area contributed by atoms with Gasteiger partial charge in [-0.15, -0.1) is 11.3 Å². The Labute approximate surface area is 379 Å². The molecule has 1 unspecified atom stereocenters. The fourth-order valence-corrected chi connectivity index (χ4v) is 9.34. The van der Waals surface area contributed by atoms with Crippen LogP contribution in [-0.4, -0.2) is 103 Å². The number of aromatic nitrogens is 4. The number of aliphatic carboxylic acids is 1. The van der Waals surface area contributed by atoms with Crippen molar-refractivity contribution in [2.75, 3.05) is 32.8 Å². The first kappa shape index (κ1) is 45.6. The number of ether oxygens (including phenoxy) is 3. The summed E-state index contributed by atoms with van der Waals surface area (Å²) in [4.78, 5) is 49.7. The zero-order valence-corrected chi connectivity index (χ0v) is 36.6. The van der Waals surface area contributed by atoms with Crippen molar-refractivity contribution in [1.82, 2.24) is 29.7 Å². The highest BCUT2D eigenvalue weighted by molar-refractivity contribution is 7.22. The van der Waals surface area contributed by atoms with E-state index in [-0.39, 0.29) is 55.2 Å². The van der Waals surface area contributed by atoms with Gasteiger partial charge in [-0.05, 0) is 84.0 Å². The number of aliphatic hydroxyl groups excluding tert-OH is 1. The highest BCUT2D eigenvalue weighted by Gasteiger charge is 2.30. The maximum absolute atomic E-state index is 14.4. The number of carboxylic acid groups (broad SMARTS) is 1. The van der Waals surface area contributed by atoms with Crippen LogP contribution in [0.25, 0.3) is 31.8 Å². The minimum Gasteiger partial charge on any atom is -0.487 e. The summed E-state index contributed by atoms with van der Waals surface area (Å²) in [5.41, 5.74) is 4.48. The Kier molecular flexibility index (Phi) is 13.8. The molecule has 9 rings (SSSR count). The Morgan fingerprint density at radius 2 is 1.85 bits per heavy atom. The van der Waals surface area contributed by atoms with Gasteiger partial charge in [0.1, 0.15) is 35.9 Å². The zero-order valence-electron chi connectivity index (χ0n) is 35.0. The number of amides is 1. The largest absolute Gasteiger partial charge is 0.487 e. The third-order valence-electron chi connectivity index (χ3n) is 11.3. The number of benzene rings is 3. The van der Waals surface area contributed by atoms with Crippen molar-refractivity contribution in [3.05, 3.63) is 112 Å². The van der Waals surface area contributed by atoms with E-state index in [9.17, 15) is 37.4 Å². The number of thiophene rings is 1. The molecule has 19 heteroatoms. The number of likely N-dealkylation sites (tertiary alicyclic amines) is 1. The van der Waals surface area contributed by atoms with Crippen LogP contribution in [-0.2, 0) is 35.6 Å². The van der Waals surface area contributed by atoms with Gasteiger partial charge in [-0.1, -0.05) is 48.0 Å². The molecule has 4 bridgehead atoms. The first-order valence-corrected chi connectivity index (χ1v) is 22.0. The quantitative estimate of drug-likeness (QED) is 0.120. The molecule has 2 N–H and O–H groups in total. The van der Waals surface area contributed by atoms with Crippen LogP contribution in [0.4, 0.5) is 17.6 Å². The number of carbonyl (C=O) groups is 2. The highest BCUT2D eigenvalue weighted by Crippen LogP contribution is 2.49. The van der Waals surface area contributed by atoms with E-state index in [0.29, 0.717) is 85.1 Å². The van der Waals surface area contributed by atoms with Crippen molar-refractivity contribution in [1.29, 1.82) is 0 Å². The number of hydrogen-bond acceptors (Lipinski definition) is 12. The molecule has 3 aromatic heterocycles. The molecule has 1 amide bonds. The zero-order chi connectivity index (χ0) is 45.8. The van der Waals surface area contributed by atoms with Crippen LogP contribution >= 0.6 is 22.9 Å². The van der Waals surface area contributed by atoms with E-state index < -0.39 is 43.2 Å². The third kappa shape index (κ3) is 11.0. The minimum absolute atomic E-state index is 0.0206. The van der Waals surface area contributed by atoms with Crippen LogP contribution in [0.2, 0.25) is 5.02 Å².